The van der Waals surface area contributed by atoms with Crippen LogP contribution >= 0.6 is 11.3 Å². The van der Waals surface area contributed by atoms with Crippen LogP contribution < -0.4 is 4.72 Å². The minimum atomic E-state index is -3.66. The zero-order valence-electron chi connectivity index (χ0n) is 12.8. The average molecular weight is 363 g/mol. The van der Waals surface area contributed by atoms with Crippen LogP contribution in [0.1, 0.15) is 28.1 Å². The molecule has 1 aromatic heterocycles. The third-order valence-electron chi connectivity index (χ3n) is 3.42. The molecule has 1 fully saturated rings. The molecule has 2 aromatic rings. The molecule has 0 atom stereocenters. The first-order valence-corrected chi connectivity index (χ1v) is 9.91. The summed E-state index contributed by atoms with van der Waals surface area (Å²) in [4.78, 5) is 12.3. The molecule has 7 heteroatoms. The average Bonchev–Trinajstić information content (AvgIpc) is 3.22. The summed E-state index contributed by atoms with van der Waals surface area (Å²) < 4.78 is 32.2. The molecule has 1 aliphatic rings. The fraction of sp³-hybridized carbons (Fsp3) is 0.235. The molecule has 0 aliphatic heterocycles. The highest BCUT2D eigenvalue weighted by atomic mass is 32.2. The SMILES string of the molecule is O=C(OC/C=C/c1ccccc1)c1sccc1S(=O)(=O)NC1CC1. The van der Waals surface area contributed by atoms with Crippen LogP contribution in [0, 0.1) is 0 Å². The number of hydrogen-bond donors (Lipinski definition) is 1. The standard InChI is InChI=1S/C17H17NO4S2/c19-17(22-11-4-7-13-5-2-1-3-6-13)16-15(10-12-23-16)24(20,21)18-14-8-9-14/h1-7,10,12,14,18H,8-9,11H2/b7-4+. The normalized spacial score (nSPS) is 14.8. The molecule has 126 valence electrons. The van der Waals surface area contributed by atoms with Gasteiger partial charge in [-0.3, -0.25) is 0 Å². The molecular weight excluding hydrogens is 346 g/mol. The van der Waals surface area contributed by atoms with Gasteiger partial charge in [-0.25, -0.2) is 17.9 Å². The Balaban J connectivity index is 1.61. The van der Waals surface area contributed by atoms with Crippen LogP contribution in [0.2, 0.25) is 0 Å². The van der Waals surface area contributed by atoms with Gasteiger partial charge >= 0.3 is 5.97 Å². The minimum Gasteiger partial charge on any atom is -0.457 e. The molecule has 1 aromatic carbocycles. The lowest BCUT2D eigenvalue weighted by molar-refractivity contribution is 0.0551. The highest BCUT2D eigenvalue weighted by Crippen LogP contribution is 2.26. The van der Waals surface area contributed by atoms with Crippen molar-refractivity contribution < 1.29 is 17.9 Å². The second-order valence-corrected chi connectivity index (χ2v) is 8.02. The smallest absolute Gasteiger partial charge is 0.350 e. The maximum atomic E-state index is 12.3. The number of benzene rings is 1. The van der Waals surface area contributed by atoms with E-state index in [9.17, 15) is 13.2 Å². The van der Waals surface area contributed by atoms with Crippen molar-refractivity contribution in [2.75, 3.05) is 6.61 Å². The summed E-state index contributed by atoms with van der Waals surface area (Å²) in [6.45, 7) is 0.0845. The van der Waals surface area contributed by atoms with Crippen molar-refractivity contribution >= 4 is 33.4 Å². The predicted octanol–water partition coefficient (Wildman–Crippen LogP) is 3.06. The molecule has 24 heavy (non-hydrogen) atoms. The van der Waals surface area contributed by atoms with Gasteiger partial charge in [0, 0.05) is 6.04 Å². The number of esters is 1. The molecule has 1 N–H and O–H groups in total. The molecule has 3 rings (SSSR count). The van der Waals surface area contributed by atoms with Crippen LogP contribution in [0.4, 0.5) is 0 Å². The maximum Gasteiger partial charge on any atom is 0.350 e. The Morgan fingerprint density at radius 3 is 2.71 bits per heavy atom. The van der Waals surface area contributed by atoms with Gasteiger partial charge in [0.15, 0.2) is 0 Å². The molecule has 0 spiro atoms. The lowest BCUT2D eigenvalue weighted by Gasteiger charge is -2.06. The first-order chi connectivity index (χ1) is 11.6. The summed E-state index contributed by atoms with van der Waals surface area (Å²) in [7, 11) is -3.66. The van der Waals surface area contributed by atoms with Crippen molar-refractivity contribution in [1.82, 2.24) is 4.72 Å². The van der Waals surface area contributed by atoms with Gasteiger partial charge in [-0.2, -0.15) is 0 Å². The molecule has 0 unspecified atom stereocenters. The first kappa shape index (κ1) is 16.9. The van der Waals surface area contributed by atoms with Gasteiger partial charge in [-0.05, 0) is 35.9 Å². The van der Waals surface area contributed by atoms with Crippen LogP contribution in [0.15, 0.2) is 52.7 Å². The third-order valence-corrected chi connectivity index (χ3v) is 6.01. The van der Waals surface area contributed by atoms with Gasteiger partial charge in [0.25, 0.3) is 0 Å². The van der Waals surface area contributed by atoms with E-state index in [0.29, 0.717) is 0 Å². The highest BCUT2D eigenvalue weighted by molar-refractivity contribution is 7.89. The van der Waals surface area contributed by atoms with E-state index in [0.717, 1.165) is 29.7 Å². The van der Waals surface area contributed by atoms with E-state index in [1.165, 1.54) is 6.07 Å². The Labute approximate surface area is 145 Å². The fourth-order valence-electron chi connectivity index (χ4n) is 2.08. The summed E-state index contributed by atoms with van der Waals surface area (Å²) >= 11 is 1.07. The van der Waals surface area contributed by atoms with Crippen LogP contribution in [-0.4, -0.2) is 27.0 Å². The Morgan fingerprint density at radius 2 is 2.00 bits per heavy atom. The Kier molecular flexibility index (Phi) is 5.13. The van der Waals surface area contributed by atoms with Gasteiger partial charge in [0.2, 0.25) is 10.0 Å². The lowest BCUT2D eigenvalue weighted by Crippen LogP contribution is -2.26. The van der Waals surface area contributed by atoms with Crippen LogP contribution in [0.25, 0.3) is 6.08 Å². The Morgan fingerprint density at radius 1 is 1.25 bits per heavy atom. The Hall–Kier alpha value is -1.96. The summed E-state index contributed by atoms with van der Waals surface area (Å²) in [5, 5.41) is 1.58. The highest BCUT2D eigenvalue weighted by Gasteiger charge is 2.31. The number of thiophene rings is 1. The molecule has 5 nitrogen and oxygen atoms in total. The molecule has 0 radical (unpaired) electrons. The first-order valence-electron chi connectivity index (χ1n) is 7.55. The number of hydrogen-bond acceptors (Lipinski definition) is 5. The topological polar surface area (TPSA) is 72.5 Å². The van der Waals surface area contributed by atoms with Crippen molar-refractivity contribution in [2.45, 2.75) is 23.8 Å². The fourth-order valence-corrected chi connectivity index (χ4v) is 4.69. The predicted molar refractivity (Wildman–Crippen MR) is 93.4 cm³/mol. The van der Waals surface area contributed by atoms with Crippen molar-refractivity contribution in [3.8, 4) is 0 Å². The Bertz CT molecular complexity index is 836. The van der Waals surface area contributed by atoms with Crippen molar-refractivity contribution in [3.63, 3.8) is 0 Å². The molecule has 0 saturated heterocycles. The molecule has 0 bridgehead atoms. The van der Waals surface area contributed by atoms with Gasteiger partial charge in [-0.1, -0.05) is 36.4 Å². The van der Waals surface area contributed by atoms with Crippen molar-refractivity contribution in [3.05, 3.63) is 58.3 Å². The van der Waals surface area contributed by atoms with Gasteiger partial charge in [0.1, 0.15) is 16.4 Å². The molecular formula is C17H17NO4S2. The van der Waals surface area contributed by atoms with E-state index < -0.39 is 16.0 Å². The number of rotatable bonds is 7. The zero-order chi connectivity index (χ0) is 17.0. The van der Waals surface area contributed by atoms with Gasteiger partial charge in [0.05, 0.1) is 0 Å². The van der Waals surface area contributed by atoms with E-state index in [-0.39, 0.29) is 22.4 Å². The van der Waals surface area contributed by atoms with Crippen molar-refractivity contribution in [2.24, 2.45) is 0 Å². The second-order valence-electron chi connectivity index (χ2n) is 5.42. The monoisotopic (exact) mass is 363 g/mol. The summed E-state index contributed by atoms with van der Waals surface area (Å²) in [6, 6.07) is 11.1. The largest absolute Gasteiger partial charge is 0.457 e. The minimum absolute atomic E-state index is 0.00330. The number of ether oxygens (including phenoxy) is 1. The third kappa shape index (κ3) is 4.31. The second kappa shape index (κ2) is 7.29. The molecule has 1 aliphatic carbocycles. The van der Waals surface area contributed by atoms with E-state index >= 15 is 0 Å². The molecule has 0 amide bonds. The number of carbonyl (C=O) groups is 1. The summed E-state index contributed by atoms with van der Waals surface area (Å²) in [6.07, 6.45) is 5.24. The van der Waals surface area contributed by atoms with Gasteiger partial charge < -0.3 is 4.74 Å². The van der Waals surface area contributed by atoms with E-state index in [2.05, 4.69) is 4.72 Å². The van der Waals surface area contributed by atoms with Crippen molar-refractivity contribution in [1.29, 1.82) is 0 Å². The molecule has 1 heterocycles. The maximum absolute atomic E-state index is 12.3. The van der Waals surface area contributed by atoms with Crippen LogP contribution in [-0.2, 0) is 14.8 Å². The van der Waals surface area contributed by atoms with E-state index in [1.54, 1.807) is 11.5 Å². The van der Waals surface area contributed by atoms with E-state index in [4.69, 9.17) is 4.74 Å². The summed E-state index contributed by atoms with van der Waals surface area (Å²) in [5.41, 5.74) is 1.00. The van der Waals surface area contributed by atoms with E-state index in [1.807, 2.05) is 36.4 Å². The van der Waals surface area contributed by atoms with Gasteiger partial charge in [-0.15, -0.1) is 11.3 Å². The molecule has 1 saturated carbocycles. The van der Waals surface area contributed by atoms with Crippen LogP contribution in [0.3, 0.4) is 0 Å². The number of nitrogens with one attached hydrogen (secondary N) is 1. The lowest BCUT2D eigenvalue weighted by atomic mass is 10.2. The van der Waals surface area contributed by atoms with Crippen LogP contribution in [0.5, 0.6) is 0 Å². The quantitative estimate of drug-likeness (QED) is 0.768. The summed E-state index contributed by atoms with van der Waals surface area (Å²) in [5.74, 6) is -0.626. The number of carbonyl (C=O) groups excluding carboxylic acids is 1. The zero-order valence-corrected chi connectivity index (χ0v) is 14.5. The number of sulfonamides is 1.